The Hall–Kier alpha value is -4.48. The first-order chi connectivity index (χ1) is 21.0. The molecule has 3 nitrogen and oxygen atoms in total. The molecule has 0 spiro atoms. The lowest BCUT2D eigenvalue weighted by molar-refractivity contribution is -0.253. The van der Waals surface area contributed by atoms with E-state index in [4.69, 9.17) is 0 Å². The fourth-order valence-corrected chi connectivity index (χ4v) is 4.83. The maximum atomic E-state index is 15.1. The van der Waals surface area contributed by atoms with Gasteiger partial charge in [0.05, 0.1) is 11.1 Å². The summed E-state index contributed by atoms with van der Waals surface area (Å²) in [5, 5.41) is 2.63. The average molecular weight is 640 g/mol. The van der Waals surface area contributed by atoms with Crippen molar-refractivity contribution in [1.82, 2.24) is 5.32 Å². The molecular weight excluding hydrogens is 613 g/mol. The second-order valence-electron chi connectivity index (χ2n) is 10.6. The molecule has 4 rings (SSSR count). The number of alkyl halides is 7. The van der Waals surface area contributed by atoms with Crippen LogP contribution < -0.4 is 10.1 Å². The molecule has 0 aliphatic rings. The molecule has 0 saturated carbocycles. The third-order valence-electron chi connectivity index (χ3n) is 7.12. The summed E-state index contributed by atoms with van der Waals surface area (Å²) in [6, 6.07) is 18.5. The lowest BCUT2D eigenvalue weighted by Crippen LogP contribution is -2.49. The van der Waals surface area contributed by atoms with E-state index in [-0.39, 0.29) is 23.5 Å². The van der Waals surface area contributed by atoms with Crippen molar-refractivity contribution in [2.75, 3.05) is 0 Å². The Morgan fingerprint density at radius 3 is 2.02 bits per heavy atom. The van der Waals surface area contributed by atoms with Crippen LogP contribution in [-0.4, -0.2) is 18.4 Å². The van der Waals surface area contributed by atoms with Gasteiger partial charge in [0.1, 0.15) is 17.4 Å². The summed E-state index contributed by atoms with van der Waals surface area (Å²) in [5.74, 6) is -4.93. The molecule has 4 aromatic carbocycles. The number of carbonyl (C=O) groups excluding carboxylic acids is 1. The molecule has 0 aliphatic heterocycles. The quantitative estimate of drug-likeness (QED) is 0.176. The van der Waals surface area contributed by atoms with Crippen LogP contribution in [0.15, 0.2) is 91.0 Å². The zero-order valence-corrected chi connectivity index (χ0v) is 23.7. The maximum Gasteiger partial charge on any atom is 0.461 e. The zero-order valence-electron chi connectivity index (χ0n) is 23.7. The average Bonchev–Trinajstić information content (AvgIpc) is 2.96. The van der Waals surface area contributed by atoms with Crippen molar-refractivity contribution in [1.29, 1.82) is 0 Å². The molecule has 1 unspecified atom stereocenters. The first-order valence-electron chi connectivity index (χ1n) is 13.5. The third-order valence-corrected chi connectivity index (χ3v) is 7.12. The number of amides is 1. The fraction of sp³-hybridized carbons (Fsp3) is 0.242. The fourth-order valence-electron chi connectivity index (χ4n) is 4.83. The Balaban J connectivity index is 1.97. The van der Waals surface area contributed by atoms with E-state index in [9.17, 15) is 39.9 Å². The van der Waals surface area contributed by atoms with Gasteiger partial charge in [0.25, 0.3) is 5.91 Å². The number of hydrogen-bond acceptors (Lipinski definition) is 2. The van der Waals surface area contributed by atoms with Gasteiger partial charge >= 0.3 is 18.7 Å². The predicted molar refractivity (Wildman–Crippen MR) is 148 cm³/mol. The summed E-state index contributed by atoms with van der Waals surface area (Å²) in [4.78, 5) is 13.7. The van der Waals surface area contributed by atoms with Crippen LogP contribution in [0.25, 0.3) is 0 Å². The van der Waals surface area contributed by atoms with Gasteiger partial charge in [-0.2, -0.15) is 30.7 Å². The highest BCUT2D eigenvalue weighted by Crippen LogP contribution is 2.39. The van der Waals surface area contributed by atoms with Crippen molar-refractivity contribution < 1.29 is 49.0 Å². The number of hydrogen-bond donors (Lipinski definition) is 1. The second kappa shape index (κ2) is 12.9. The van der Waals surface area contributed by atoms with Gasteiger partial charge in [-0.05, 0) is 58.5 Å². The van der Waals surface area contributed by atoms with E-state index in [1.54, 1.807) is 54.6 Å². The van der Waals surface area contributed by atoms with E-state index in [1.165, 1.54) is 0 Å². The Labute approximate surface area is 252 Å². The molecule has 1 N–H and O–H groups in total. The molecule has 0 aliphatic carbocycles. The first-order valence-corrected chi connectivity index (χ1v) is 13.5. The highest BCUT2D eigenvalue weighted by molar-refractivity contribution is 5.95. The molecule has 0 bridgehead atoms. The van der Waals surface area contributed by atoms with Crippen molar-refractivity contribution in [3.05, 3.63) is 136 Å². The molecule has 4 aromatic rings. The van der Waals surface area contributed by atoms with E-state index >= 15 is 4.39 Å². The van der Waals surface area contributed by atoms with Crippen LogP contribution in [0.5, 0.6) is 5.75 Å². The third kappa shape index (κ3) is 7.61. The highest BCUT2D eigenvalue weighted by Gasteiger charge is 2.45. The van der Waals surface area contributed by atoms with Crippen LogP contribution in [0.2, 0.25) is 0 Å². The summed E-state index contributed by atoms with van der Waals surface area (Å²) < 4.78 is 127. The van der Waals surface area contributed by atoms with E-state index in [0.29, 0.717) is 23.8 Å². The number of carbonyl (C=O) groups is 1. The summed E-state index contributed by atoms with van der Waals surface area (Å²) >= 11 is 0. The normalized spacial score (nSPS) is 13.5. The Bertz CT molecular complexity index is 1640. The minimum absolute atomic E-state index is 0.0444. The van der Waals surface area contributed by atoms with Crippen LogP contribution >= 0.6 is 0 Å². The topological polar surface area (TPSA) is 38.3 Å². The minimum Gasteiger partial charge on any atom is -0.428 e. The number of ether oxygens (including phenoxy) is 1. The van der Waals surface area contributed by atoms with Crippen LogP contribution in [0.4, 0.5) is 39.5 Å². The lowest BCUT2D eigenvalue weighted by Gasteiger charge is -2.37. The molecule has 45 heavy (non-hydrogen) atoms. The maximum absolute atomic E-state index is 15.1. The number of rotatable bonds is 10. The number of nitrogens with one attached hydrogen (secondary N) is 1. The van der Waals surface area contributed by atoms with Gasteiger partial charge < -0.3 is 10.1 Å². The molecule has 0 fully saturated rings. The molecule has 1 atom stereocenters. The summed E-state index contributed by atoms with van der Waals surface area (Å²) in [6.45, 7) is 3.81. The van der Waals surface area contributed by atoms with Gasteiger partial charge in [0.2, 0.25) is 0 Å². The first kappa shape index (κ1) is 33.4. The second-order valence-corrected chi connectivity index (χ2v) is 10.6. The monoisotopic (exact) mass is 639 g/mol. The molecule has 1 amide bonds. The number of halogens is 9. The van der Waals surface area contributed by atoms with Gasteiger partial charge in [0, 0.05) is 18.1 Å². The SMILES string of the molecule is CC(C)c1ccc(C(Cc2ccccc2)(NC(=O)c2ccc(F)c(C(F)(F)F)c2)c2cc(F)cc(OC(F)(F)C(F)F)c2)cc1. The van der Waals surface area contributed by atoms with Crippen molar-refractivity contribution in [2.45, 2.75) is 50.4 Å². The van der Waals surface area contributed by atoms with Crippen molar-refractivity contribution in [3.63, 3.8) is 0 Å². The Kier molecular flexibility index (Phi) is 9.55. The summed E-state index contributed by atoms with van der Waals surface area (Å²) in [5.41, 5.74) is -2.91. The smallest absolute Gasteiger partial charge is 0.428 e. The van der Waals surface area contributed by atoms with Crippen LogP contribution in [0.1, 0.15) is 57.9 Å². The molecule has 12 heteroatoms. The van der Waals surface area contributed by atoms with Crippen LogP contribution in [-0.2, 0) is 18.1 Å². The summed E-state index contributed by atoms with van der Waals surface area (Å²) in [7, 11) is 0. The molecular formula is C33H26F9NO2. The summed E-state index contributed by atoms with van der Waals surface area (Å²) in [6.07, 6.45) is -14.6. The standard InChI is InChI=1S/C33H26F9NO2/c1-19(2)21-8-11-23(12-9-21)31(18-20-6-4-3-5-7-20,24-15-25(34)17-26(16-24)45-33(41,42)30(36)37)43-29(44)22-10-13-28(35)27(14-22)32(38,39)40/h3-17,19,30H,18H2,1-2H3,(H,43,44). The molecule has 0 heterocycles. The zero-order chi connectivity index (χ0) is 33.2. The Morgan fingerprint density at radius 2 is 1.44 bits per heavy atom. The molecule has 0 radical (unpaired) electrons. The van der Waals surface area contributed by atoms with Gasteiger partial charge in [-0.25, -0.2) is 8.78 Å². The Morgan fingerprint density at radius 1 is 0.800 bits per heavy atom. The predicted octanol–water partition coefficient (Wildman–Crippen LogP) is 9.26. The van der Waals surface area contributed by atoms with Crippen LogP contribution in [0.3, 0.4) is 0 Å². The van der Waals surface area contributed by atoms with E-state index in [1.807, 2.05) is 13.8 Å². The van der Waals surface area contributed by atoms with Crippen LogP contribution in [0, 0.1) is 11.6 Å². The number of benzene rings is 4. The minimum atomic E-state index is -5.14. The van der Waals surface area contributed by atoms with E-state index in [2.05, 4.69) is 10.1 Å². The molecule has 238 valence electrons. The lowest BCUT2D eigenvalue weighted by atomic mass is 9.77. The van der Waals surface area contributed by atoms with Gasteiger partial charge in [0.15, 0.2) is 0 Å². The van der Waals surface area contributed by atoms with Gasteiger partial charge in [-0.3, -0.25) is 4.79 Å². The van der Waals surface area contributed by atoms with Crippen molar-refractivity contribution in [2.24, 2.45) is 0 Å². The van der Waals surface area contributed by atoms with Gasteiger partial charge in [-0.15, -0.1) is 0 Å². The van der Waals surface area contributed by atoms with Crippen molar-refractivity contribution in [3.8, 4) is 5.75 Å². The van der Waals surface area contributed by atoms with E-state index < -0.39 is 58.7 Å². The largest absolute Gasteiger partial charge is 0.461 e. The van der Waals surface area contributed by atoms with Crippen molar-refractivity contribution >= 4 is 5.91 Å². The highest BCUT2D eigenvalue weighted by atomic mass is 19.4. The van der Waals surface area contributed by atoms with Gasteiger partial charge in [-0.1, -0.05) is 68.4 Å². The molecule has 0 aromatic heterocycles. The van der Waals surface area contributed by atoms with E-state index in [0.717, 1.165) is 23.8 Å². The molecule has 0 saturated heterocycles.